The van der Waals surface area contributed by atoms with E-state index in [-0.39, 0.29) is 0 Å². The predicted molar refractivity (Wildman–Crippen MR) is 67.2 cm³/mol. The third-order valence-corrected chi connectivity index (χ3v) is 2.82. The summed E-state index contributed by atoms with van der Waals surface area (Å²) in [6.45, 7) is 0.860. The number of aryl methyl sites for hydroxylation is 3. The van der Waals surface area contributed by atoms with Gasteiger partial charge in [0.25, 0.3) is 0 Å². The van der Waals surface area contributed by atoms with Gasteiger partial charge in [-0.2, -0.15) is 5.10 Å². The summed E-state index contributed by atoms with van der Waals surface area (Å²) < 4.78 is 3.94. The van der Waals surface area contributed by atoms with Gasteiger partial charge in [0.05, 0.1) is 5.69 Å². The van der Waals surface area contributed by atoms with E-state index >= 15 is 0 Å². The third kappa shape index (κ3) is 2.14. The molecule has 0 bridgehead atoms. The molecule has 0 aliphatic heterocycles. The van der Waals surface area contributed by atoms with E-state index in [1.807, 2.05) is 36.1 Å². The molecule has 0 saturated carbocycles. The van der Waals surface area contributed by atoms with Gasteiger partial charge in [-0.1, -0.05) is 12.2 Å². The van der Waals surface area contributed by atoms with Crippen LogP contribution >= 0.6 is 12.2 Å². The molecular weight excluding hydrogens is 220 g/mol. The molecule has 0 aromatic carbocycles. The first-order valence-corrected chi connectivity index (χ1v) is 5.51. The lowest BCUT2D eigenvalue weighted by molar-refractivity contribution is 0.637. The van der Waals surface area contributed by atoms with Gasteiger partial charge in [-0.3, -0.25) is 4.68 Å². The Kier molecular flexibility index (Phi) is 3.05. The standard InChI is InChI=1S/C11H14N4S/c1-14-9(4-6-13-14)5-8-15-7-2-3-10(15)11(12)16/h2-4,6-7H,5,8H2,1H3,(H2,12,16). The maximum absolute atomic E-state index is 5.63. The average molecular weight is 234 g/mol. The Morgan fingerprint density at radius 1 is 1.50 bits per heavy atom. The van der Waals surface area contributed by atoms with Crippen LogP contribution in [0.15, 0.2) is 30.6 Å². The third-order valence-electron chi connectivity index (χ3n) is 2.61. The minimum atomic E-state index is 0.440. The number of nitrogens with zero attached hydrogens (tertiary/aromatic N) is 3. The van der Waals surface area contributed by atoms with Crippen molar-refractivity contribution in [3.8, 4) is 0 Å². The van der Waals surface area contributed by atoms with E-state index in [2.05, 4.69) is 9.67 Å². The fourth-order valence-electron chi connectivity index (χ4n) is 1.71. The lowest BCUT2D eigenvalue weighted by atomic mass is 10.3. The first-order valence-electron chi connectivity index (χ1n) is 5.10. The molecule has 0 unspecified atom stereocenters. The molecule has 0 amide bonds. The molecule has 0 atom stereocenters. The summed E-state index contributed by atoms with van der Waals surface area (Å²) in [6.07, 6.45) is 4.71. The summed E-state index contributed by atoms with van der Waals surface area (Å²) in [4.78, 5) is 0.440. The zero-order valence-corrected chi connectivity index (χ0v) is 9.94. The van der Waals surface area contributed by atoms with Gasteiger partial charge in [-0.15, -0.1) is 0 Å². The van der Waals surface area contributed by atoms with Crippen molar-refractivity contribution in [3.63, 3.8) is 0 Å². The second-order valence-corrected chi connectivity index (χ2v) is 4.09. The van der Waals surface area contributed by atoms with Crippen LogP contribution in [0.1, 0.15) is 11.4 Å². The van der Waals surface area contributed by atoms with Gasteiger partial charge in [0.15, 0.2) is 0 Å². The van der Waals surface area contributed by atoms with Gasteiger partial charge in [-0.25, -0.2) is 0 Å². The van der Waals surface area contributed by atoms with E-state index < -0.39 is 0 Å². The van der Waals surface area contributed by atoms with Gasteiger partial charge in [-0.05, 0) is 18.2 Å². The maximum atomic E-state index is 5.63. The van der Waals surface area contributed by atoms with Crippen molar-refractivity contribution in [3.05, 3.63) is 42.0 Å². The molecule has 2 rings (SSSR count). The summed E-state index contributed by atoms with van der Waals surface area (Å²) in [5.41, 5.74) is 7.74. The molecule has 2 heterocycles. The van der Waals surface area contributed by atoms with E-state index in [1.165, 1.54) is 5.69 Å². The van der Waals surface area contributed by atoms with Crippen LogP contribution in [0.4, 0.5) is 0 Å². The predicted octanol–water partition coefficient (Wildman–Crippen LogP) is 1.10. The number of aromatic nitrogens is 3. The lowest BCUT2D eigenvalue weighted by Crippen LogP contribution is -2.16. The summed E-state index contributed by atoms with van der Waals surface area (Å²) in [5.74, 6) is 0. The lowest BCUT2D eigenvalue weighted by Gasteiger charge is -2.08. The molecule has 5 heteroatoms. The number of hydrogen-bond acceptors (Lipinski definition) is 2. The largest absolute Gasteiger partial charge is 0.388 e. The topological polar surface area (TPSA) is 48.8 Å². The van der Waals surface area contributed by atoms with Crippen molar-refractivity contribution in [2.24, 2.45) is 12.8 Å². The number of rotatable bonds is 4. The molecule has 0 fully saturated rings. The first kappa shape index (κ1) is 10.9. The van der Waals surface area contributed by atoms with Crippen LogP contribution in [0.3, 0.4) is 0 Å². The van der Waals surface area contributed by atoms with E-state index in [9.17, 15) is 0 Å². The maximum Gasteiger partial charge on any atom is 0.120 e. The van der Waals surface area contributed by atoms with Crippen molar-refractivity contribution in [2.45, 2.75) is 13.0 Å². The summed E-state index contributed by atoms with van der Waals surface area (Å²) >= 11 is 4.98. The number of nitrogens with two attached hydrogens (primary N) is 1. The van der Waals surface area contributed by atoms with Gasteiger partial charge in [0.1, 0.15) is 4.99 Å². The number of hydrogen-bond donors (Lipinski definition) is 1. The molecule has 0 spiro atoms. The Labute approximate surface area is 99.7 Å². The highest BCUT2D eigenvalue weighted by Gasteiger charge is 2.04. The molecule has 0 aliphatic rings. The molecule has 2 aromatic heterocycles. The highest BCUT2D eigenvalue weighted by molar-refractivity contribution is 7.80. The van der Waals surface area contributed by atoms with Gasteiger partial charge in [0.2, 0.25) is 0 Å². The van der Waals surface area contributed by atoms with Crippen LogP contribution < -0.4 is 5.73 Å². The van der Waals surface area contributed by atoms with Crippen molar-refractivity contribution >= 4 is 17.2 Å². The summed E-state index contributed by atoms with van der Waals surface area (Å²) in [7, 11) is 1.94. The minimum absolute atomic E-state index is 0.440. The molecule has 16 heavy (non-hydrogen) atoms. The highest BCUT2D eigenvalue weighted by Crippen LogP contribution is 2.05. The van der Waals surface area contributed by atoms with Crippen molar-refractivity contribution in [2.75, 3.05) is 0 Å². The van der Waals surface area contributed by atoms with Crippen LogP contribution in [0.25, 0.3) is 0 Å². The van der Waals surface area contributed by atoms with Crippen molar-refractivity contribution < 1.29 is 0 Å². The van der Waals surface area contributed by atoms with E-state index in [0.29, 0.717) is 4.99 Å². The first-order chi connectivity index (χ1) is 7.68. The van der Waals surface area contributed by atoms with E-state index in [0.717, 1.165) is 18.7 Å². The van der Waals surface area contributed by atoms with Gasteiger partial charge < -0.3 is 10.3 Å². The monoisotopic (exact) mass is 234 g/mol. The zero-order chi connectivity index (χ0) is 11.5. The van der Waals surface area contributed by atoms with Crippen LogP contribution in [0.5, 0.6) is 0 Å². The second kappa shape index (κ2) is 4.49. The van der Waals surface area contributed by atoms with Crippen LogP contribution in [0.2, 0.25) is 0 Å². The van der Waals surface area contributed by atoms with Crippen molar-refractivity contribution in [1.82, 2.24) is 14.3 Å². The highest BCUT2D eigenvalue weighted by atomic mass is 32.1. The minimum Gasteiger partial charge on any atom is -0.388 e. The molecule has 0 aliphatic carbocycles. The molecular formula is C11H14N4S. The fourth-order valence-corrected chi connectivity index (χ4v) is 1.90. The second-order valence-electron chi connectivity index (χ2n) is 3.65. The Morgan fingerprint density at radius 2 is 2.31 bits per heavy atom. The van der Waals surface area contributed by atoms with E-state index in [1.54, 1.807) is 6.20 Å². The zero-order valence-electron chi connectivity index (χ0n) is 9.13. The van der Waals surface area contributed by atoms with E-state index in [4.69, 9.17) is 18.0 Å². The molecule has 2 aromatic rings. The van der Waals surface area contributed by atoms with Crippen LogP contribution in [-0.2, 0) is 20.0 Å². The average Bonchev–Trinajstić information content (AvgIpc) is 2.83. The molecule has 0 radical (unpaired) electrons. The normalized spacial score (nSPS) is 10.6. The summed E-state index contributed by atoms with van der Waals surface area (Å²) in [5, 5.41) is 4.13. The SMILES string of the molecule is Cn1nccc1CCn1cccc1C(N)=S. The quantitative estimate of drug-likeness (QED) is 0.806. The Balaban J connectivity index is 2.08. The smallest absolute Gasteiger partial charge is 0.120 e. The van der Waals surface area contributed by atoms with Gasteiger partial charge in [0, 0.05) is 38.1 Å². The Hall–Kier alpha value is -1.62. The molecule has 2 N–H and O–H groups in total. The molecule has 84 valence electrons. The van der Waals surface area contributed by atoms with Gasteiger partial charge >= 0.3 is 0 Å². The fraction of sp³-hybridized carbons (Fsp3) is 0.273. The Morgan fingerprint density at radius 3 is 2.94 bits per heavy atom. The summed E-state index contributed by atoms with van der Waals surface area (Å²) in [6, 6.07) is 5.91. The van der Waals surface area contributed by atoms with Crippen LogP contribution in [0, 0.1) is 0 Å². The van der Waals surface area contributed by atoms with Crippen molar-refractivity contribution in [1.29, 1.82) is 0 Å². The number of thiocarbonyl (C=S) groups is 1. The molecule has 4 nitrogen and oxygen atoms in total. The van der Waals surface area contributed by atoms with Crippen LogP contribution in [-0.4, -0.2) is 19.3 Å². The Bertz CT molecular complexity index is 498. The molecule has 0 saturated heterocycles.